The van der Waals surface area contributed by atoms with E-state index in [0.29, 0.717) is 0 Å². The molecule has 0 bridgehead atoms. The van der Waals surface area contributed by atoms with Gasteiger partial charge in [-0.1, -0.05) is 35.0 Å². The van der Waals surface area contributed by atoms with Crippen LogP contribution in [0.5, 0.6) is 0 Å². The van der Waals surface area contributed by atoms with Crippen LogP contribution in [0.4, 0.5) is 0 Å². The fourth-order valence-corrected chi connectivity index (χ4v) is 1.63. The number of ether oxygens (including phenoxy) is 2. The van der Waals surface area contributed by atoms with Gasteiger partial charge in [0.1, 0.15) is 6.29 Å². The summed E-state index contributed by atoms with van der Waals surface area (Å²) in [6, 6.07) is 7.77. The van der Waals surface area contributed by atoms with Gasteiger partial charge in [0, 0.05) is 23.6 Å². The first kappa shape index (κ1) is 18.3. The molecule has 19 heavy (non-hydrogen) atoms. The Hall–Kier alpha value is -0.710. The van der Waals surface area contributed by atoms with Crippen LogP contribution in [0.1, 0.15) is 39.2 Å². The summed E-state index contributed by atoms with van der Waals surface area (Å²) < 4.78 is 11.2. The molecule has 108 valence electrons. The maximum absolute atomic E-state index is 10.4. The predicted octanol–water partition coefficient (Wildman–Crippen LogP) is 4.16. The van der Waals surface area contributed by atoms with Crippen molar-refractivity contribution >= 4 is 22.2 Å². The Balaban J connectivity index is 0.000000362. The van der Waals surface area contributed by atoms with Crippen molar-refractivity contribution in [2.24, 2.45) is 0 Å². The summed E-state index contributed by atoms with van der Waals surface area (Å²) in [7, 11) is 0. The van der Waals surface area contributed by atoms with E-state index in [1.807, 2.05) is 52.0 Å². The first-order chi connectivity index (χ1) is 9.04. The molecule has 0 amide bonds. The Bertz CT molecular complexity index is 332. The summed E-state index contributed by atoms with van der Waals surface area (Å²) >= 11 is 3.33. The highest BCUT2D eigenvalue weighted by atomic mass is 79.9. The van der Waals surface area contributed by atoms with E-state index < -0.39 is 0 Å². The zero-order valence-corrected chi connectivity index (χ0v) is 13.6. The second kappa shape index (κ2) is 11.1. The molecule has 0 radical (unpaired) electrons. The molecule has 1 unspecified atom stereocenters. The number of hydrogen-bond acceptors (Lipinski definition) is 3. The van der Waals surface area contributed by atoms with Crippen molar-refractivity contribution in [3.05, 3.63) is 34.3 Å². The summed E-state index contributed by atoms with van der Waals surface area (Å²) in [5.74, 6) is 0.00287. The van der Waals surface area contributed by atoms with Gasteiger partial charge in [0.05, 0.1) is 0 Å². The van der Waals surface area contributed by atoms with E-state index in [9.17, 15) is 4.79 Å². The lowest BCUT2D eigenvalue weighted by Crippen LogP contribution is -2.11. The molecule has 0 aromatic heterocycles. The van der Waals surface area contributed by atoms with Crippen molar-refractivity contribution in [1.29, 1.82) is 0 Å². The Labute approximate surface area is 124 Å². The molecule has 4 heteroatoms. The van der Waals surface area contributed by atoms with Crippen molar-refractivity contribution in [2.75, 3.05) is 13.2 Å². The Morgan fingerprint density at radius 3 is 1.95 bits per heavy atom. The van der Waals surface area contributed by atoms with E-state index in [1.165, 1.54) is 0 Å². The standard InChI is InChI=1S/C9H9BrO.C6H14O2/c1-7(6-11)8-2-4-9(10)5-3-8;1-4-7-6(3)8-5-2/h2-7H,1H3;6H,4-5H2,1-3H3. The van der Waals surface area contributed by atoms with Crippen molar-refractivity contribution in [3.8, 4) is 0 Å². The molecule has 0 aliphatic heterocycles. The lowest BCUT2D eigenvalue weighted by atomic mass is 10.0. The molecule has 1 rings (SSSR count). The molecule has 0 heterocycles. The number of benzene rings is 1. The van der Waals surface area contributed by atoms with Crippen LogP contribution in [0.2, 0.25) is 0 Å². The molecule has 0 N–H and O–H groups in total. The van der Waals surface area contributed by atoms with E-state index in [0.717, 1.165) is 29.5 Å². The van der Waals surface area contributed by atoms with Crippen LogP contribution in [-0.4, -0.2) is 25.8 Å². The molecule has 1 aromatic rings. The van der Waals surface area contributed by atoms with Crippen LogP contribution in [0, 0.1) is 0 Å². The predicted molar refractivity (Wildman–Crippen MR) is 81.3 cm³/mol. The Kier molecular flexibility index (Phi) is 10.7. The third kappa shape index (κ3) is 8.92. The largest absolute Gasteiger partial charge is 0.353 e. The highest BCUT2D eigenvalue weighted by Gasteiger charge is 2.01. The lowest BCUT2D eigenvalue weighted by Gasteiger charge is -2.09. The SMILES string of the molecule is CC(C=O)c1ccc(Br)cc1.CCOC(C)OCC. The quantitative estimate of drug-likeness (QED) is 0.580. The summed E-state index contributed by atoms with van der Waals surface area (Å²) in [5.41, 5.74) is 1.06. The summed E-state index contributed by atoms with van der Waals surface area (Å²) in [5, 5.41) is 0. The maximum Gasteiger partial charge on any atom is 0.154 e. The van der Waals surface area contributed by atoms with E-state index >= 15 is 0 Å². The van der Waals surface area contributed by atoms with Gasteiger partial charge in [-0.15, -0.1) is 0 Å². The second-order valence-corrected chi connectivity index (χ2v) is 4.87. The van der Waals surface area contributed by atoms with Crippen LogP contribution in [0.3, 0.4) is 0 Å². The number of halogens is 1. The van der Waals surface area contributed by atoms with E-state index in [-0.39, 0.29) is 12.2 Å². The molecule has 0 saturated heterocycles. The molecule has 0 aliphatic carbocycles. The Morgan fingerprint density at radius 1 is 1.11 bits per heavy atom. The average Bonchev–Trinajstić information content (AvgIpc) is 2.40. The van der Waals surface area contributed by atoms with Gasteiger partial charge < -0.3 is 14.3 Å². The molecular formula is C15H23BrO3. The fourth-order valence-electron chi connectivity index (χ4n) is 1.36. The van der Waals surface area contributed by atoms with Crippen molar-refractivity contribution < 1.29 is 14.3 Å². The van der Waals surface area contributed by atoms with Crippen LogP contribution in [-0.2, 0) is 14.3 Å². The van der Waals surface area contributed by atoms with Crippen LogP contribution in [0.25, 0.3) is 0 Å². The number of carbonyl (C=O) groups is 1. The third-order valence-electron chi connectivity index (χ3n) is 2.40. The average molecular weight is 331 g/mol. The van der Waals surface area contributed by atoms with Gasteiger partial charge in [-0.25, -0.2) is 0 Å². The van der Waals surface area contributed by atoms with Gasteiger partial charge in [0.15, 0.2) is 6.29 Å². The first-order valence-electron chi connectivity index (χ1n) is 6.49. The Morgan fingerprint density at radius 2 is 1.58 bits per heavy atom. The van der Waals surface area contributed by atoms with Crippen molar-refractivity contribution in [3.63, 3.8) is 0 Å². The van der Waals surface area contributed by atoms with Gasteiger partial charge >= 0.3 is 0 Å². The molecule has 1 atom stereocenters. The first-order valence-corrected chi connectivity index (χ1v) is 7.28. The zero-order valence-electron chi connectivity index (χ0n) is 12.1. The summed E-state index contributed by atoms with van der Waals surface area (Å²) in [6.07, 6.45) is 0.911. The lowest BCUT2D eigenvalue weighted by molar-refractivity contribution is -0.123. The van der Waals surface area contributed by atoms with Crippen molar-refractivity contribution in [2.45, 2.75) is 39.9 Å². The van der Waals surface area contributed by atoms with Gasteiger partial charge in [-0.2, -0.15) is 0 Å². The second-order valence-electron chi connectivity index (χ2n) is 3.95. The zero-order chi connectivity index (χ0) is 14.7. The van der Waals surface area contributed by atoms with Gasteiger partial charge in [-0.05, 0) is 38.5 Å². The maximum atomic E-state index is 10.4. The molecule has 0 aliphatic rings. The van der Waals surface area contributed by atoms with Crippen LogP contribution >= 0.6 is 15.9 Å². The summed E-state index contributed by atoms with van der Waals surface area (Å²) in [4.78, 5) is 10.4. The topological polar surface area (TPSA) is 35.5 Å². The van der Waals surface area contributed by atoms with Crippen LogP contribution < -0.4 is 0 Å². The number of aldehydes is 1. The van der Waals surface area contributed by atoms with Gasteiger partial charge in [0.25, 0.3) is 0 Å². The van der Waals surface area contributed by atoms with Gasteiger partial charge in [-0.3, -0.25) is 0 Å². The monoisotopic (exact) mass is 330 g/mol. The molecule has 0 saturated carbocycles. The molecule has 1 aromatic carbocycles. The molecule has 0 fully saturated rings. The molecule has 3 nitrogen and oxygen atoms in total. The minimum absolute atomic E-state index is 0.00287. The number of hydrogen-bond donors (Lipinski definition) is 0. The molecule has 0 spiro atoms. The van der Waals surface area contributed by atoms with Crippen LogP contribution in [0.15, 0.2) is 28.7 Å². The van der Waals surface area contributed by atoms with E-state index in [2.05, 4.69) is 15.9 Å². The highest BCUT2D eigenvalue weighted by Crippen LogP contribution is 2.16. The third-order valence-corrected chi connectivity index (χ3v) is 2.93. The number of carbonyl (C=O) groups excluding carboxylic acids is 1. The normalized spacial score (nSPS) is 11.7. The van der Waals surface area contributed by atoms with E-state index in [4.69, 9.17) is 9.47 Å². The highest BCUT2D eigenvalue weighted by molar-refractivity contribution is 9.10. The smallest absolute Gasteiger partial charge is 0.154 e. The van der Waals surface area contributed by atoms with E-state index in [1.54, 1.807) is 0 Å². The van der Waals surface area contributed by atoms with Crippen molar-refractivity contribution in [1.82, 2.24) is 0 Å². The summed E-state index contributed by atoms with van der Waals surface area (Å²) in [6.45, 7) is 9.14. The minimum Gasteiger partial charge on any atom is -0.353 e. The van der Waals surface area contributed by atoms with Gasteiger partial charge in [0.2, 0.25) is 0 Å². The number of rotatable bonds is 6. The minimum atomic E-state index is -0.0370. The fraction of sp³-hybridized carbons (Fsp3) is 0.533. The molecular weight excluding hydrogens is 308 g/mol.